The van der Waals surface area contributed by atoms with Gasteiger partial charge >= 0.3 is 0 Å². The highest BCUT2D eigenvalue weighted by atomic mass is 32.2. The normalized spacial score (nSPS) is 14.2. The number of aromatic nitrogens is 2. The first-order chi connectivity index (χ1) is 15.8. The number of hydrogen-bond donors (Lipinski definition) is 1. The first kappa shape index (κ1) is 21.4. The fraction of sp³-hybridized carbons (Fsp3) is 0.182. The van der Waals surface area contributed by atoms with Crippen LogP contribution in [0.2, 0.25) is 0 Å². The summed E-state index contributed by atoms with van der Waals surface area (Å²) in [5.74, 6) is 0.679. The summed E-state index contributed by atoms with van der Waals surface area (Å²) in [5, 5.41) is 15.6. The predicted octanol–water partition coefficient (Wildman–Crippen LogP) is 4.40. The standard InChI is InChI=1S/C22H19N5O4S2/c1-14-5-4-6-15(11-14)25-21-20-16-9-10-26(12-18(16)32-22(20)24-13-23-21)33(30,31)19-8-3-2-7-17(19)27(28)29/h2-8,11,13H,9-10,12H2,1H3,(H,23,24,25). The van der Waals surface area contributed by atoms with Crippen LogP contribution in [0.3, 0.4) is 0 Å². The summed E-state index contributed by atoms with van der Waals surface area (Å²) in [4.78, 5) is 20.9. The van der Waals surface area contributed by atoms with Gasteiger partial charge in [-0.15, -0.1) is 11.3 Å². The number of thiophene rings is 1. The molecule has 33 heavy (non-hydrogen) atoms. The molecule has 0 radical (unpaired) electrons. The molecule has 0 fully saturated rings. The van der Waals surface area contributed by atoms with E-state index < -0.39 is 20.6 Å². The number of nitro benzene ring substituents is 1. The van der Waals surface area contributed by atoms with E-state index >= 15 is 0 Å². The highest BCUT2D eigenvalue weighted by molar-refractivity contribution is 7.89. The molecule has 0 saturated heterocycles. The van der Waals surface area contributed by atoms with Crippen LogP contribution in [-0.2, 0) is 23.0 Å². The highest BCUT2D eigenvalue weighted by Crippen LogP contribution is 2.39. The summed E-state index contributed by atoms with van der Waals surface area (Å²) >= 11 is 1.42. The third-order valence-corrected chi connectivity index (χ3v) is 8.58. The quantitative estimate of drug-likeness (QED) is 0.331. The summed E-state index contributed by atoms with van der Waals surface area (Å²) in [7, 11) is -4.03. The fourth-order valence-electron chi connectivity index (χ4n) is 4.03. The van der Waals surface area contributed by atoms with E-state index in [4.69, 9.17) is 0 Å². The van der Waals surface area contributed by atoms with E-state index in [2.05, 4.69) is 15.3 Å². The van der Waals surface area contributed by atoms with Gasteiger partial charge in [-0.1, -0.05) is 24.3 Å². The Morgan fingerprint density at radius 1 is 1.15 bits per heavy atom. The maximum Gasteiger partial charge on any atom is 0.289 e. The van der Waals surface area contributed by atoms with Crippen LogP contribution < -0.4 is 5.32 Å². The average molecular weight is 482 g/mol. The molecular formula is C22H19N5O4S2. The van der Waals surface area contributed by atoms with E-state index in [1.54, 1.807) is 0 Å². The molecule has 9 nitrogen and oxygen atoms in total. The molecule has 3 heterocycles. The van der Waals surface area contributed by atoms with Crippen molar-refractivity contribution < 1.29 is 13.3 Å². The molecule has 0 aliphatic carbocycles. The molecule has 4 aromatic rings. The summed E-state index contributed by atoms with van der Waals surface area (Å²) in [6.45, 7) is 2.36. The predicted molar refractivity (Wildman–Crippen MR) is 126 cm³/mol. The van der Waals surface area contributed by atoms with Gasteiger partial charge < -0.3 is 5.32 Å². The first-order valence-electron chi connectivity index (χ1n) is 10.2. The minimum atomic E-state index is -4.03. The lowest BCUT2D eigenvalue weighted by molar-refractivity contribution is -0.387. The summed E-state index contributed by atoms with van der Waals surface area (Å²) < 4.78 is 27.8. The highest BCUT2D eigenvalue weighted by Gasteiger charge is 2.35. The summed E-state index contributed by atoms with van der Waals surface area (Å²) in [6.07, 6.45) is 1.95. The Kier molecular flexibility index (Phi) is 5.31. The molecule has 0 saturated carbocycles. The first-order valence-corrected chi connectivity index (χ1v) is 12.4. The van der Waals surface area contributed by atoms with Crippen LogP contribution >= 0.6 is 11.3 Å². The van der Waals surface area contributed by atoms with Crippen LogP contribution in [0.15, 0.2) is 59.8 Å². The Morgan fingerprint density at radius 2 is 1.97 bits per heavy atom. The molecular weight excluding hydrogens is 462 g/mol. The Balaban J connectivity index is 1.51. The van der Waals surface area contributed by atoms with Crippen LogP contribution in [0.4, 0.5) is 17.2 Å². The van der Waals surface area contributed by atoms with Crippen molar-refractivity contribution in [1.29, 1.82) is 0 Å². The second kappa shape index (κ2) is 8.18. The van der Waals surface area contributed by atoms with Crippen molar-refractivity contribution in [3.05, 3.63) is 81.0 Å². The van der Waals surface area contributed by atoms with E-state index in [0.717, 1.165) is 31.9 Å². The van der Waals surface area contributed by atoms with Crippen LogP contribution in [-0.4, -0.2) is 34.2 Å². The lowest BCUT2D eigenvalue weighted by Gasteiger charge is -2.26. The molecule has 0 spiro atoms. The molecule has 168 valence electrons. The number of rotatable bonds is 5. The van der Waals surface area contributed by atoms with E-state index in [1.165, 1.54) is 46.2 Å². The van der Waals surface area contributed by atoms with E-state index in [-0.39, 0.29) is 18.0 Å². The third kappa shape index (κ3) is 3.84. The number of anilines is 2. The van der Waals surface area contributed by atoms with E-state index in [9.17, 15) is 18.5 Å². The Labute approximate surface area is 193 Å². The molecule has 1 aliphatic rings. The number of nitrogens with zero attached hydrogens (tertiary/aromatic N) is 4. The number of para-hydroxylation sites is 1. The summed E-state index contributed by atoms with van der Waals surface area (Å²) in [6, 6.07) is 13.4. The van der Waals surface area contributed by atoms with Crippen molar-refractivity contribution >= 4 is 48.8 Å². The Hall–Kier alpha value is -3.41. The van der Waals surface area contributed by atoms with Crippen LogP contribution in [0.1, 0.15) is 16.0 Å². The van der Waals surface area contributed by atoms with Gasteiger partial charge in [0.15, 0.2) is 4.90 Å². The van der Waals surface area contributed by atoms with E-state index in [0.29, 0.717) is 12.2 Å². The van der Waals surface area contributed by atoms with Crippen molar-refractivity contribution in [2.45, 2.75) is 24.8 Å². The van der Waals surface area contributed by atoms with Gasteiger partial charge in [-0.25, -0.2) is 18.4 Å². The van der Waals surface area contributed by atoms with Crippen molar-refractivity contribution in [2.75, 3.05) is 11.9 Å². The van der Waals surface area contributed by atoms with Crippen LogP contribution in [0.5, 0.6) is 0 Å². The number of nitrogens with one attached hydrogen (secondary N) is 1. The fourth-order valence-corrected chi connectivity index (χ4v) is 6.88. The second-order valence-corrected chi connectivity index (χ2v) is 10.7. The van der Waals surface area contributed by atoms with Gasteiger partial charge in [0.05, 0.1) is 10.3 Å². The van der Waals surface area contributed by atoms with Crippen molar-refractivity contribution in [3.8, 4) is 0 Å². The van der Waals surface area contributed by atoms with Crippen molar-refractivity contribution in [2.24, 2.45) is 0 Å². The lowest BCUT2D eigenvalue weighted by atomic mass is 10.1. The molecule has 5 rings (SSSR count). The van der Waals surface area contributed by atoms with Gasteiger partial charge in [-0.05, 0) is 42.7 Å². The molecule has 2 aromatic heterocycles. The van der Waals surface area contributed by atoms with Gasteiger partial charge in [0.1, 0.15) is 17.0 Å². The Morgan fingerprint density at radius 3 is 2.76 bits per heavy atom. The maximum absolute atomic E-state index is 13.3. The zero-order chi connectivity index (χ0) is 23.2. The zero-order valence-corrected chi connectivity index (χ0v) is 19.2. The maximum atomic E-state index is 13.3. The SMILES string of the molecule is Cc1cccc(Nc2ncnc3sc4c(c23)CCN(S(=O)(=O)c2ccccc2[N+](=O)[O-])C4)c1. The minimum absolute atomic E-state index is 0.134. The third-order valence-electron chi connectivity index (χ3n) is 5.56. The van der Waals surface area contributed by atoms with E-state index in [1.807, 2.05) is 31.2 Å². The summed E-state index contributed by atoms with van der Waals surface area (Å²) in [5.41, 5.74) is 2.62. The van der Waals surface area contributed by atoms with Crippen molar-refractivity contribution in [3.63, 3.8) is 0 Å². The molecule has 2 aromatic carbocycles. The number of fused-ring (bicyclic) bond motifs is 3. The number of sulfonamides is 1. The lowest BCUT2D eigenvalue weighted by Crippen LogP contribution is -2.35. The van der Waals surface area contributed by atoms with Gasteiger partial charge in [0.25, 0.3) is 5.69 Å². The second-order valence-electron chi connectivity index (χ2n) is 7.71. The smallest absolute Gasteiger partial charge is 0.289 e. The average Bonchev–Trinajstić information content (AvgIpc) is 3.18. The number of nitro groups is 1. The van der Waals surface area contributed by atoms with Gasteiger partial charge in [-0.3, -0.25) is 10.1 Å². The Bertz CT molecular complexity index is 1500. The number of aryl methyl sites for hydroxylation is 1. The molecule has 0 unspecified atom stereocenters. The van der Waals surface area contributed by atoms with Crippen LogP contribution in [0, 0.1) is 17.0 Å². The molecule has 1 aliphatic heterocycles. The molecule has 0 atom stereocenters. The van der Waals surface area contributed by atoms with Gasteiger partial charge in [-0.2, -0.15) is 4.31 Å². The molecule has 1 N–H and O–H groups in total. The zero-order valence-electron chi connectivity index (χ0n) is 17.6. The topological polar surface area (TPSA) is 118 Å². The molecule has 0 amide bonds. The largest absolute Gasteiger partial charge is 0.340 e. The molecule has 0 bridgehead atoms. The minimum Gasteiger partial charge on any atom is -0.340 e. The van der Waals surface area contributed by atoms with Gasteiger partial charge in [0, 0.05) is 29.7 Å². The van der Waals surface area contributed by atoms with Crippen molar-refractivity contribution in [1.82, 2.24) is 14.3 Å². The molecule has 11 heteroatoms. The monoisotopic (exact) mass is 481 g/mol. The number of hydrogen-bond acceptors (Lipinski definition) is 8. The van der Waals surface area contributed by atoms with Crippen LogP contribution in [0.25, 0.3) is 10.2 Å². The number of benzene rings is 2. The van der Waals surface area contributed by atoms with Gasteiger partial charge in [0.2, 0.25) is 10.0 Å².